The fraction of sp³-hybridized carbons (Fsp3) is 0.333. The van der Waals surface area contributed by atoms with E-state index in [4.69, 9.17) is 10.5 Å². The lowest BCUT2D eigenvalue weighted by molar-refractivity contribution is 0.126. The summed E-state index contributed by atoms with van der Waals surface area (Å²) in [4.78, 5) is 11.2. The second-order valence-corrected chi connectivity index (χ2v) is 5.20. The average molecular weight is 296 g/mol. The standard InChI is InChI=1S/C12H16N4O3S/c1-16-11(18)14-15-12(16)20-7-9(17)6-19-10-4-2-8(13)3-5-10/h2-5,9,17H,6-7,13H2,1H3,(H,14,18). The lowest BCUT2D eigenvalue weighted by Gasteiger charge is -2.11. The van der Waals surface area contributed by atoms with E-state index in [9.17, 15) is 9.90 Å². The highest BCUT2D eigenvalue weighted by molar-refractivity contribution is 7.99. The van der Waals surface area contributed by atoms with Crippen LogP contribution in [0.15, 0.2) is 34.2 Å². The molecule has 1 heterocycles. The number of aromatic nitrogens is 3. The molecule has 0 saturated carbocycles. The highest BCUT2D eigenvalue weighted by atomic mass is 32.2. The number of nitrogens with one attached hydrogen (secondary N) is 1. The molecule has 8 heteroatoms. The molecule has 2 rings (SSSR count). The molecule has 0 spiro atoms. The van der Waals surface area contributed by atoms with Crippen LogP contribution in [0.4, 0.5) is 5.69 Å². The summed E-state index contributed by atoms with van der Waals surface area (Å²) in [6, 6.07) is 6.95. The fourth-order valence-electron chi connectivity index (χ4n) is 1.44. The Balaban J connectivity index is 1.78. The predicted molar refractivity (Wildman–Crippen MR) is 76.9 cm³/mol. The number of nitrogens with zero attached hydrogens (tertiary/aromatic N) is 2. The third-order valence-corrected chi connectivity index (χ3v) is 3.74. The van der Waals surface area contributed by atoms with E-state index in [-0.39, 0.29) is 12.3 Å². The van der Waals surface area contributed by atoms with Crippen molar-refractivity contribution in [1.29, 1.82) is 0 Å². The second-order valence-electron chi connectivity index (χ2n) is 4.22. The molecule has 4 N–H and O–H groups in total. The van der Waals surface area contributed by atoms with Crippen molar-refractivity contribution in [1.82, 2.24) is 14.8 Å². The lowest BCUT2D eigenvalue weighted by Crippen LogP contribution is -2.20. The van der Waals surface area contributed by atoms with Gasteiger partial charge in [0.2, 0.25) is 0 Å². The van der Waals surface area contributed by atoms with Crippen LogP contribution in [0.5, 0.6) is 5.75 Å². The van der Waals surface area contributed by atoms with Crippen LogP contribution in [0, 0.1) is 0 Å². The van der Waals surface area contributed by atoms with Gasteiger partial charge in [-0.1, -0.05) is 11.8 Å². The average Bonchev–Trinajstić information content (AvgIpc) is 2.76. The summed E-state index contributed by atoms with van der Waals surface area (Å²) in [6.45, 7) is 0.162. The summed E-state index contributed by atoms with van der Waals surface area (Å²) < 4.78 is 6.82. The maximum absolute atomic E-state index is 11.2. The second kappa shape index (κ2) is 6.49. The van der Waals surface area contributed by atoms with E-state index in [0.717, 1.165) is 0 Å². The van der Waals surface area contributed by atoms with Gasteiger partial charge in [0.15, 0.2) is 5.16 Å². The number of benzene rings is 1. The van der Waals surface area contributed by atoms with Gasteiger partial charge in [-0.05, 0) is 24.3 Å². The summed E-state index contributed by atoms with van der Waals surface area (Å²) in [5.74, 6) is 1.03. The lowest BCUT2D eigenvalue weighted by atomic mass is 10.3. The number of hydrogen-bond acceptors (Lipinski definition) is 6. The number of rotatable bonds is 6. The molecule has 0 amide bonds. The third-order valence-electron chi connectivity index (χ3n) is 2.57. The zero-order valence-corrected chi connectivity index (χ0v) is 11.8. The SMILES string of the molecule is Cn1c(SCC(O)COc2ccc(N)cc2)n[nH]c1=O. The quantitative estimate of drug-likeness (QED) is 0.520. The number of anilines is 1. The van der Waals surface area contributed by atoms with Crippen molar-refractivity contribution in [2.45, 2.75) is 11.3 Å². The largest absolute Gasteiger partial charge is 0.491 e. The third kappa shape index (κ3) is 3.78. The van der Waals surface area contributed by atoms with E-state index < -0.39 is 6.10 Å². The zero-order chi connectivity index (χ0) is 14.5. The molecule has 0 radical (unpaired) electrons. The first-order chi connectivity index (χ1) is 9.56. The van der Waals surface area contributed by atoms with E-state index in [1.165, 1.54) is 16.3 Å². The van der Waals surface area contributed by atoms with Crippen LogP contribution in [0.25, 0.3) is 0 Å². The maximum atomic E-state index is 11.2. The highest BCUT2D eigenvalue weighted by Gasteiger charge is 2.10. The fourth-order valence-corrected chi connectivity index (χ4v) is 2.26. The van der Waals surface area contributed by atoms with Gasteiger partial charge in [-0.3, -0.25) is 4.57 Å². The predicted octanol–water partition coefficient (Wildman–Crippen LogP) is 0.223. The molecule has 0 aliphatic heterocycles. The van der Waals surface area contributed by atoms with Crippen LogP contribution in [0.3, 0.4) is 0 Å². The van der Waals surface area contributed by atoms with Gasteiger partial charge >= 0.3 is 5.69 Å². The van der Waals surface area contributed by atoms with Gasteiger partial charge in [0.25, 0.3) is 0 Å². The Morgan fingerprint density at radius 1 is 1.50 bits per heavy atom. The Bertz CT molecular complexity index is 608. The Labute approximate surface area is 119 Å². The van der Waals surface area contributed by atoms with E-state index in [0.29, 0.717) is 22.3 Å². The van der Waals surface area contributed by atoms with Gasteiger partial charge in [-0.25, -0.2) is 9.89 Å². The number of ether oxygens (including phenoxy) is 1. The number of aliphatic hydroxyl groups excluding tert-OH is 1. The number of nitrogens with two attached hydrogens (primary N) is 1. The Kier molecular flexibility index (Phi) is 4.70. The Hall–Kier alpha value is -1.93. The molecule has 1 unspecified atom stereocenters. The van der Waals surface area contributed by atoms with Gasteiger partial charge in [0, 0.05) is 18.5 Å². The minimum Gasteiger partial charge on any atom is -0.491 e. The minimum atomic E-state index is -0.663. The van der Waals surface area contributed by atoms with Crippen molar-refractivity contribution in [2.24, 2.45) is 7.05 Å². The first-order valence-corrected chi connectivity index (χ1v) is 6.95. The van der Waals surface area contributed by atoms with E-state index >= 15 is 0 Å². The number of thioether (sulfide) groups is 1. The molecular formula is C12H16N4O3S. The van der Waals surface area contributed by atoms with Crippen LogP contribution >= 0.6 is 11.8 Å². The summed E-state index contributed by atoms with van der Waals surface area (Å²) >= 11 is 1.28. The molecule has 108 valence electrons. The summed E-state index contributed by atoms with van der Waals surface area (Å²) in [6.07, 6.45) is -0.663. The maximum Gasteiger partial charge on any atom is 0.343 e. The van der Waals surface area contributed by atoms with Crippen molar-refractivity contribution >= 4 is 17.4 Å². The van der Waals surface area contributed by atoms with Crippen LogP contribution in [0.1, 0.15) is 0 Å². The molecule has 0 aliphatic carbocycles. The molecule has 1 atom stereocenters. The highest BCUT2D eigenvalue weighted by Crippen LogP contribution is 2.16. The minimum absolute atomic E-state index is 0.162. The normalized spacial score (nSPS) is 12.3. The van der Waals surface area contributed by atoms with Crippen molar-refractivity contribution < 1.29 is 9.84 Å². The van der Waals surface area contributed by atoms with Crippen LogP contribution in [-0.4, -0.2) is 38.3 Å². The van der Waals surface area contributed by atoms with Crippen LogP contribution in [-0.2, 0) is 7.05 Å². The molecule has 0 fully saturated rings. The van der Waals surface area contributed by atoms with Crippen LogP contribution < -0.4 is 16.2 Å². The summed E-state index contributed by atoms with van der Waals surface area (Å²) in [7, 11) is 1.62. The molecular weight excluding hydrogens is 280 g/mol. The van der Waals surface area contributed by atoms with Crippen molar-refractivity contribution in [3.05, 3.63) is 34.7 Å². The Morgan fingerprint density at radius 3 is 2.80 bits per heavy atom. The topological polar surface area (TPSA) is 106 Å². The monoisotopic (exact) mass is 296 g/mol. The molecule has 0 saturated heterocycles. The number of H-pyrrole nitrogens is 1. The van der Waals surface area contributed by atoms with Gasteiger partial charge in [0.05, 0.1) is 6.10 Å². The van der Waals surface area contributed by atoms with E-state index in [1.807, 2.05) is 0 Å². The summed E-state index contributed by atoms with van der Waals surface area (Å²) in [5, 5.41) is 16.5. The molecule has 20 heavy (non-hydrogen) atoms. The number of aliphatic hydroxyl groups is 1. The van der Waals surface area contributed by atoms with E-state index in [1.54, 1.807) is 31.3 Å². The Morgan fingerprint density at radius 2 is 2.20 bits per heavy atom. The van der Waals surface area contributed by atoms with E-state index in [2.05, 4.69) is 10.2 Å². The van der Waals surface area contributed by atoms with Crippen molar-refractivity contribution in [3.8, 4) is 5.75 Å². The molecule has 0 bridgehead atoms. The van der Waals surface area contributed by atoms with Crippen LogP contribution in [0.2, 0.25) is 0 Å². The molecule has 2 aromatic rings. The molecule has 0 aliphatic rings. The number of nitrogen functional groups attached to an aromatic ring is 1. The van der Waals surface area contributed by atoms with Crippen molar-refractivity contribution in [2.75, 3.05) is 18.1 Å². The number of hydrogen-bond donors (Lipinski definition) is 3. The smallest absolute Gasteiger partial charge is 0.343 e. The molecule has 7 nitrogen and oxygen atoms in total. The van der Waals surface area contributed by atoms with Gasteiger partial charge in [-0.15, -0.1) is 5.10 Å². The number of aromatic amines is 1. The van der Waals surface area contributed by atoms with Crippen molar-refractivity contribution in [3.63, 3.8) is 0 Å². The molecule has 1 aromatic heterocycles. The first-order valence-electron chi connectivity index (χ1n) is 5.97. The first kappa shape index (κ1) is 14.5. The summed E-state index contributed by atoms with van der Waals surface area (Å²) in [5.41, 5.74) is 5.95. The van der Waals surface area contributed by atoms with Gasteiger partial charge in [0.1, 0.15) is 12.4 Å². The van der Waals surface area contributed by atoms with Gasteiger partial charge in [-0.2, -0.15) is 0 Å². The zero-order valence-electron chi connectivity index (χ0n) is 10.9. The van der Waals surface area contributed by atoms with Gasteiger partial charge < -0.3 is 15.6 Å². The molecule has 1 aromatic carbocycles.